The fourth-order valence-electron chi connectivity index (χ4n) is 2.28. The molecule has 2 rings (SSSR count). The van der Waals surface area contributed by atoms with E-state index in [9.17, 15) is 4.79 Å². The van der Waals surface area contributed by atoms with E-state index >= 15 is 0 Å². The lowest BCUT2D eigenvalue weighted by atomic mass is 10.3. The molecular weight excluding hydrogens is 272 g/mol. The van der Waals surface area contributed by atoms with Gasteiger partial charge in [0.1, 0.15) is 12.1 Å². The summed E-state index contributed by atoms with van der Waals surface area (Å²) >= 11 is 0. The Morgan fingerprint density at radius 2 is 2.05 bits per heavy atom. The van der Waals surface area contributed by atoms with E-state index in [2.05, 4.69) is 24.5 Å². The first-order valence-corrected chi connectivity index (χ1v) is 7.22. The Hall–Kier alpha value is -1.89. The Morgan fingerprint density at radius 3 is 2.71 bits per heavy atom. The van der Waals surface area contributed by atoms with Gasteiger partial charge in [-0.2, -0.15) is 0 Å². The SMILES string of the molecule is CCOc1cc(N2CCN(CCC(=O)OC)CC2)ncn1. The van der Waals surface area contributed by atoms with Crippen LogP contribution in [0.2, 0.25) is 0 Å². The average Bonchev–Trinajstić information content (AvgIpc) is 2.53. The number of aromatic nitrogens is 2. The van der Waals surface area contributed by atoms with Crippen LogP contribution in [-0.4, -0.2) is 67.3 Å². The first kappa shape index (κ1) is 15.5. The van der Waals surface area contributed by atoms with Gasteiger partial charge in [0.25, 0.3) is 0 Å². The van der Waals surface area contributed by atoms with Crippen molar-refractivity contribution in [2.24, 2.45) is 0 Å². The van der Waals surface area contributed by atoms with Crippen molar-refractivity contribution in [1.29, 1.82) is 0 Å². The molecule has 0 amide bonds. The minimum absolute atomic E-state index is 0.158. The second kappa shape index (κ2) is 7.78. The van der Waals surface area contributed by atoms with Gasteiger partial charge < -0.3 is 14.4 Å². The summed E-state index contributed by atoms with van der Waals surface area (Å²) in [6.07, 6.45) is 1.97. The lowest BCUT2D eigenvalue weighted by Gasteiger charge is -2.35. The van der Waals surface area contributed by atoms with Crippen molar-refractivity contribution < 1.29 is 14.3 Å². The second-order valence-corrected chi connectivity index (χ2v) is 4.80. The van der Waals surface area contributed by atoms with Crippen molar-refractivity contribution in [2.45, 2.75) is 13.3 Å². The lowest BCUT2D eigenvalue weighted by Crippen LogP contribution is -2.47. The van der Waals surface area contributed by atoms with E-state index in [4.69, 9.17) is 4.74 Å². The van der Waals surface area contributed by atoms with E-state index in [0.29, 0.717) is 18.9 Å². The van der Waals surface area contributed by atoms with E-state index in [1.54, 1.807) is 0 Å². The predicted molar refractivity (Wildman–Crippen MR) is 78.5 cm³/mol. The number of carbonyl (C=O) groups is 1. The fourth-order valence-corrected chi connectivity index (χ4v) is 2.28. The zero-order valence-electron chi connectivity index (χ0n) is 12.6. The molecule has 0 unspecified atom stereocenters. The van der Waals surface area contributed by atoms with E-state index in [1.807, 2.05) is 13.0 Å². The van der Waals surface area contributed by atoms with Crippen molar-refractivity contribution in [3.63, 3.8) is 0 Å². The largest absolute Gasteiger partial charge is 0.478 e. The third kappa shape index (κ3) is 4.56. The molecule has 1 aliphatic heterocycles. The van der Waals surface area contributed by atoms with Crippen LogP contribution in [0.5, 0.6) is 5.88 Å². The van der Waals surface area contributed by atoms with Gasteiger partial charge in [-0.15, -0.1) is 0 Å². The molecule has 1 fully saturated rings. The van der Waals surface area contributed by atoms with Crippen LogP contribution in [0.3, 0.4) is 0 Å². The van der Waals surface area contributed by atoms with E-state index in [0.717, 1.165) is 38.5 Å². The summed E-state index contributed by atoms with van der Waals surface area (Å²) in [6.45, 7) is 6.84. The molecule has 1 aliphatic rings. The average molecular weight is 294 g/mol. The Bertz CT molecular complexity index is 461. The van der Waals surface area contributed by atoms with Crippen LogP contribution >= 0.6 is 0 Å². The van der Waals surface area contributed by atoms with E-state index in [-0.39, 0.29) is 5.97 Å². The summed E-state index contributed by atoms with van der Waals surface area (Å²) < 4.78 is 10.1. The highest BCUT2D eigenvalue weighted by atomic mass is 16.5. The Morgan fingerprint density at radius 1 is 1.29 bits per heavy atom. The molecule has 0 spiro atoms. The van der Waals surface area contributed by atoms with Gasteiger partial charge in [-0.3, -0.25) is 9.69 Å². The van der Waals surface area contributed by atoms with Crippen LogP contribution < -0.4 is 9.64 Å². The van der Waals surface area contributed by atoms with Gasteiger partial charge in [0, 0.05) is 38.8 Å². The Kier molecular flexibility index (Phi) is 5.74. The number of esters is 1. The zero-order valence-corrected chi connectivity index (χ0v) is 12.6. The predicted octanol–water partition coefficient (Wildman–Crippen LogP) is 0.560. The van der Waals surface area contributed by atoms with Crippen LogP contribution in [0, 0.1) is 0 Å². The third-order valence-electron chi connectivity index (χ3n) is 3.48. The number of carbonyl (C=O) groups excluding carboxylic acids is 1. The Balaban J connectivity index is 1.83. The summed E-state index contributed by atoms with van der Waals surface area (Å²) in [5, 5.41) is 0. The van der Waals surface area contributed by atoms with Gasteiger partial charge >= 0.3 is 5.97 Å². The fraction of sp³-hybridized carbons (Fsp3) is 0.643. The molecule has 0 atom stereocenters. The van der Waals surface area contributed by atoms with Gasteiger partial charge in [-0.25, -0.2) is 9.97 Å². The smallest absolute Gasteiger partial charge is 0.306 e. The molecule has 1 aromatic rings. The summed E-state index contributed by atoms with van der Waals surface area (Å²) in [4.78, 5) is 24.0. The number of hydrogen-bond acceptors (Lipinski definition) is 7. The first-order valence-electron chi connectivity index (χ1n) is 7.22. The van der Waals surface area contributed by atoms with Crippen molar-refractivity contribution in [1.82, 2.24) is 14.9 Å². The molecule has 7 heteroatoms. The number of piperazine rings is 1. The zero-order chi connectivity index (χ0) is 15.1. The van der Waals surface area contributed by atoms with Gasteiger partial charge in [0.2, 0.25) is 5.88 Å². The van der Waals surface area contributed by atoms with Crippen LogP contribution in [0.4, 0.5) is 5.82 Å². The molecule has 0 radical (unpaired) electrons. The molecule has 1 aromatic heterocycles. The summed E-state index contributed by atoms with van der Waals surface area (Å²) in [5.41, 5.74) is 0. The van der Waals surface area contributed by atoms with Crippen LogP contribution in [0.25, 0.3) is 0 Å². The maximum absolute atomic E-state index is 11.1. The van der Waals surface area contributed by atoms with Gasteiger partial charge in [0.05, 0.1) is 20.1 Å². The topological polar surface area (TPSA) is 67.8 Å². The van der Waals surface area contributed by atoms with Crippen LogP contribution in [-0.2, 0) is 9.53 Å². The molecular formula is C14H22N4O3. The maximum Gasteiger partial charge on any atom is 0.306 e. The van der Waals surface area contributed by atoms with E-state index < -0.39 is 0 Å². The Labute approximate surface area is 124 Å². The number of nitrogens with zero attached hydrogens (tertiary/aromatic N) is 4. The molecule has 116 valence electrons. The number of rotatable bonds is 6. The highest BCUT2D eigenvalue weighted by molar-refractivity contribution is 5.69. The molecule has 21 heavy (non-hydrogen) atoms. The standard InChI is InChI=1S/C14H22N4O3/c1-3-21-13-10-12(15-11-16-13)18-8-6-17(7-9-18)5-4-14(19)20-2/h10-11H,3-9H2,1-2H3. The highest BCUT2D eigenvalue weighted by Gasteiger charge is 2.19. The summed E-state index contributed by atoms with van der Waals surface area (Å²) in [7, 11) is 1.42. The van der Waals surface area contributed by atoms with Gasteiger partial charge in [-0.1, -0.05) is 0 Å². The summed E-state index contributed by atoms with van der Waals surface area (Å²) in [6, 6.07) is 1.87. The quantitative estimate of drug-likeness (QED) is 0.710. The number of ether oxygens (including phenoxy) is 2. The molecule has 0 aromatic carbocycles. The lowest BCUT2D eigenvalue weighted by molar-refractivity contribution is -0.141. The minimum atomic E-state index is -0.158. The molecule has 0 aliphatic carbocycles. The number of hydrogen-bond donors (Lipinski definition) is 0. The van der Waals surface area contributed by atoms with Gasteiger partial charge in [-0.05, 0) is 6.92 Å². The first-order chi connectivity index (χ1) is 10.2. The summed E-state index contributed by atoms with van der Waals surface area (Å²) in [5.74, 6) is 1.34. The molecule has 7 nitrogen and oxygen atoms in total. The van der Waals surface area contributed by atoms with Crippen molar-refractivity contribution >= 4 is 11.8 Å². The maximum atomic E-state index is 11.1. The highest BCUT2D eigenvalue weighted by Crippen LogP contribution is 2.17. The minimum Gasteiger partial charge on any atom is -0.478 e. The van der Waals surface area contributed by atoms with E-state index in [1.165, 1.54) is 13.4 Å². The van der Waals surface area contributed by atoms with Crippen LogP contribution in [0.1, 0.15) is 13.3 Å². The van der Waals surface area contributed by atoms with Crippen molar-refractivity contribution in [3.05, 3.63) is 12.4 Å². The molecule has 0 N–H and O–H groups in total. The second-order valence-electron chi connectivity index (χ2n) is 4.80. The normalized spacial score (nSPS) is 15.8. The number of methoxy groups -OCH3 is 1. The van der Waals surface area contributed by atoms with Crippen molar-refractivity contribution in [2.75, 3.05) is 51.3 Å². The molecule has 2 heterocycles. The van der Waals surface area contributed by atoms with Crippen LogP contribution in [0.15, 0.2) is 12.4 Å². The monoisotopic (exact) mass is 294 g/mol. The van der Waals surface area contributed by atoms with Crippen molar-refractivity contribution in [3.8, 4) is 5.88 Å². The number of anilines is 1. The molecule has 1 saturated heterocycles. The van der Waals surface area contributed by atoms with Gasteiger partial charge in [0.15, 0.2) is 0 Å². The molecule has 0 saturated carbocycles. The molecule has 0 bridgehead atoms. The third-order valence-corrected chi connectivity index (χ3v) is 3.48.